The standard InChI is InChI=1S/C11H23NO2/c1-8-3-4-11(5-9(8)2)14-7-10(13)6-12/h8-11,13H,3-7,12H2,1-2H3. The van der Waals surface area contributed by atoms with Crippen molar-refractivity contribution < 1.29 is 9.84 Å². The van der Waals surface area contributed by atoms with E-state index in [1.54, 1.807) is 0 Å². The molecule has 0 amide bonds. The normalized spacial score (nSPS) is 35.6. The second-order valence-electron chi connectivity index (χ2n) is 4.61. The lowest BCUT2D eigenvalue weighted by molar-refractivity contribution is -0.0363. The Morgan fingerprint density at radius 2 is 2.07 bits per heavy atom. The second-order valence-corrected chi connectivity index (χ2v) is 4.61. The van der Waals surface area contributed by atoms with E-state index in [0.717, 1.165) is 24.7 Å². The number of aliphatic hydroxyl groups is 1. The van der Waals surface area contributed by atoms with Crippen LogP contribution >= 0.6 is 0 Å². The molecule has 0 aliphatic heterocycles. The molecule has 4 unspecified atom stereocenters. The van der Waals surface area contributed by atoms with Crippen LogP contribution < -0.4 is 5.73 Å². The maximum atomic E-state index is 9.26. The fourth-order valence-corrected chi connectivity index (χ4v) is 1.96. The molecule has 0 radical (unpaired) electrons. The van der Waals surface area contributed by atoms with E-state index in [0.29, 0.717) is 19.3 Å². The van der Waals surface area contributed by atoms with Gasteiger partial charge in [0, 0.05) is 6.54 Å². The largest absolute Gasteiger partial charge is 0.389 e. The lowest BCUT2D eigenvalue weighted by Crippen LogP contribution is -2.32. The van der Waals surface area contributed by atoms with Crippen LogP contribution in [0.2, 0.25) is 0 Å². The topological polar surface area (TPSA) is 55.5 Å². The van der Waals surface area contributed by atoms with E-state index in [4.69, 9.17) is 10.5 Å². The average molecular weight is 201 g/mol. The molecule has 0 heterocycles. The first-order chi connectivity index (χ1) is 6.63. The van der Waals surface area contributed by atoms with Gasteiger partial charge in [0.2, 0.25) is 0 Å². The quantitative estimate of drug-likeness (QED) is 0.717. The van der Waals surface area contributed by atoms with Gasteiger partial charge in [0.05, 0.1) is 18.8 Å². The number of hydrogen-bond acceptors (Lipinski definition) is 3. The highest BCUT2D eigenvalue weighted by Crippen LogP contribution is 2.30. The van der Waals surface area contributed by atoms with Gasteiger partial charge in [-0.25, -0.2) is 0 Å². The highest BCUT2D eigenvalue weighted by atomic mass is 16.5. The molecule has 0 saturated heterocycles. The monoisotopic (exact) mass is 201 g/mol. The predicted molar refractivity (Wildman–Crippen MR) is 57.0 cm³/mol. The number of nitrogens with two attached hydrogens (primary N) is 1. The molecular formula is C11H23NO2. The molecule has 0 bridgehead atoms. The van der Waals surface area contributed by atoms with E-state index in [-0.39, 0.29) is 0 Å². The first-order valence-electron chi connectivity index (χ1n) is 5.63. The Hall–Kier alpha value is -0.120. The minimum Gasteiger partial charge on any atom is -0.389 e. The summed E-state index contributed by atoms with van der Waals surface area (Å²) in [6.45, 7) is 5.26. The van der Waals surface area contributed by atoms with E-state index in [1.165, 1.54) is 6.42 Å². The number of rotatable bonds is 4. The lowest BCUT2D eigenvalue weighted by atomic mass is 9.80. The summed E-state index contributed by atoms with van der Waals surface area (Å²) in [7, 11) is 0. The summed E-state index contributed by atoms with van der Waals surface area (Å²) in [5, 5.41) is 9.26. The molecular weight excluding hydrogens is 178 g/mol. The van der Waals surface area contributed by atoms with Gasteiger partial charge in [0.15, 0.2) is 0 Å². The summed E-state index contributed by atoms with van der Waals surface area (Å²) < 4.78 is 5.62. The van der Waals surface area contributed by atoms with Crippen LogP contribution in [0.25, 0.3) is 0 Å². The Kier molecular flexibility index (Phi) is 4.85. The fourth-order valence-electron chi connectivity index (χ4n) is 1.96. The van der Waals surface area contributed by atoms with Gasteiger partial charge in [-0.1, -0.05) is 13.8 Å². The fraction of sp³-hybridized carbons (Fsp3) is 1.00. The van der Waals surface area contributed by atoms with E-state index in [2.05, 4.69) is 13.8 Å². The summed E-state index contributed by atoms with van der Waals surface area (Å²) in [6.07, 6.45) is 3.33. The lowest BCUT2D eigenvalue weighted by Gasteiger charge is -2.32. The van der Waals surface area contributed by atoms with Gasteiger partial charge in [0.25, 0.3) is 0 Å². The zero-order valence-electron chi connectivity index (χ0n) is 9.28. The van der Waals surface area contributed by atoms with Crippen molar-refractivity contribution >= 4 is 0 Å². The summed E-state index contributed by atoms with van der Waals surface area (Å²) in [4.78, 5) is 0. The first-order valence-corrected chi connectivity index (χ1v) is 5.63. The van der Waals surface area contributed by atoms with Crippen molar-refractivity contribution in [3.05, 3.63) is 0 Å². The SMILES string of the molecule is CC1CCC(OCC(O)CN)CC1C. The van der Waals surface area contributed by atoms with Crippen LogP contribution in [-0.2, 0) is 4.74 Å². The molecule has 1 rings (SSSR count). The molecule has 0 spiro atoms. The van der Waals surface area contributed by atoms with Crippen molar-refractivity contribution in [3.63, 3.8) is 0 Å². The van der Waals surface area contributed by atoms with Crippen molar-refractivity contribution in [2.75, 3.05) is 13.2 Å². The molecule has 3 heteroatoms. The molecule has 0 aromatic carbocycles. The van der Waals surface area contributed by atoms with Crippen molar-refractivity contribution in [3.8, 4) is 0 Å². The molecule has 1 aliphatic carbocycles. The predicted octanol–water partition coefficient (Wildman–Crippen LogP) is 1.15. The summed E-state index contributed by atoms with van der Waals surface area (Å²) in [5.74, 6) is 1.55. The van der Waals surface area contributed by atoms with Gasteiger partial charge >= 0.3 is 0 Å². The zero-order chi connectivity index (χ0) is 10.6. The van der Waals surface area contributed by atoms with Crippen LogP contribution in [0.15, 0.2) is 0 Å². The summed E-state index contributed by atoms with van der Waals surface area (Å²) in [6, 6.07) is 0. The highest BCUT2D eigenvalue weighted by molar-refractivity contribution is 4.75. The molecule has 1 saturated carbocycles. The van der Waals surface area contributed by atoms with Crippen molar-refractivity contribution in [1.29, 1.82) is 0 Å². The van der Waals surface area contributed by atoms with Gasteiger partial charge in [-0.2, -0.15) is 0 Å². The van der Waals surface area contributed by atoms with Gasteiger partial charge in [0.1, 0.15) is 0 Å². The third-order valence-corrected chi connectivity index (χ3v) is 3.35. The van der Waals surface area contributed by atoms with Crippen LogP contribution in [0.4, 0.5) is 0 Å². The van der Waals surface area contributed by atoms with Crippen LogP contribution in [0.5, 0.6) is 0 Å². The van der Waals surface area contributed by atoms with Crippen LogP contribution in [0, 0.1) is 11.8 Å². The molecule has 3 N–H and O–H groups in total. The Labute approximate surface area is 86.6 Å². The Bertz CT molecular complexity index is 163. The zero-order valence-corrected chi connectivity index (χ0v) is 9.28. The Morgan fingerprint density at radius 1 is 1.36 bits per heavy atom. The highest BCUT2D eigenvalue weighted by Gasteiger charge is 2.25. The molecule has 4 atom stereocenters. The summed E-state index contributed by atoms with van der Waals surface area (Å²) in [5.41, 5.74) is 5.31. The molecule has 0 aromatic rings. The third kappa shape index (κ3) is 3.56. The van der Waals surface area contributed by atoms with E-state index in [1.807, 2.05) is 0 Å². The van der Waals surface area contributed by atoms with Crippen molar-refractivity contribution in [2.24, 2.45) is 17.6 Å². The van der Waals surface area contributed by atoms with Crippen LogP contribution in [0.1, 0.15) is 33.1 Å². The van der Waals surface area contributed by atoms with Gasteiger partial charge in [-0.3, -0.25) is 0 Å². The van der Waals surface area contributed by atoms with Crippen LogP contribution in [-0.4, -0.2) is 30.5 Å². The molecule has 14 heavy (non-hydrogen) atoms. The second kappa shape index (κ2) is 5.69. The van der Waals surface area contributed by atoms with Crippen LogP contribution in [0.3, 0.4) is 0 Å². The van der Waals surface area contributed by atoms with E-state index in [9.17, 15) is 5.11 Å². The average Bonchev–Trinajstić information content (AvgIpc) is 2.19. The Morgan fingerprint density at radius 3 is 2.64 bits per heavy atom. The molecule has 1 aliphatic rings. The third-order valence-electron chi connectivity index (χ3n) is 3.35. The maximum Gasteiger partial charge on any atom is 0.0895 e. The molecule has 1 fully saturated rings. The number of hydrogen-bond donors (Lipinski definition) is 2. The number of ether oxygens (including phenoxy) is 1. The summed E-state index contributed by atoms with van der Waals surface area (Å²) >= 11 is 0. The smallest absolute Gasteiger partial charge is 0.0895 e. The minimum absolute atomic E-state index is 0.290. The maximum absolute atomic E-state index is 9.26. The number of aliphatic hydroxyl groups excluding tert-OH is 1. The van der Waals surface area contributed by atoms with Gasteiger partial charge in [-0.05, 0) is 31.1 Å². The minimum atomic E-state index is -0.496. The van der Waals surface area contributed by atoms with E-state index >= 15 is 0 Å². The van der Waals surface area contributed by atoms with Crippen molar-refractivity contribution in [1.82, 2.24) is 0 Å². The Balaban J connectivity index is 2.20. The van der Waals surface area contributed by atoms with Gasteiger partial charge < -0.3 is 15.6 Å². The molecule has 84 valence electrons. The van der Waals surface area contributed by atoms with Crippen molar-refractivity contribution in [2.45, 2.75) is 45.3 Å². The molecule has 0 aromatic heterocycles. The molecule has 3 nitrogen and oxygen atoms in total. The first kappa shape index (κ1) is 12.0. The van der Waals surface area contributed by atoms with E-state index < -0.39 is 6.10 Å². The van der Waals surface area contributed by atoms with Gasteiger partial charge in [-0.15, -0.1) is 0 Å².